The molecule has 2 aromatic heterocycles. The minimum absolute atomic E-state index is 0.212. The summed E-state index contributed by atoms with van der Waals surface area (Å²) in [7, 11) is 1.59. The molecule has 4 aromatic rings. The van der Waals surface area contributed by atoms with Crippen molar-refractivity contribution in [3.63, 3.8) is 0 Å². The fourth-order valence-corrected chi connectivity index (χ4v) is 6.08. The molecule has 1 unspecified atom stereocenters. The standard InChI is InChI=1S/C30H29N3O4S/c1-6-15-32-19(4)23(22-13-8-9-14-24(22)32)17-25-28(34)33-27(20-11-10-12-21(16-20)36-5)26(29(35)37-7-2)18(3)31-30(33)38-25/h6,8-14,16-17,27H,1,7,15H2,2-5H3/b25-17+. The molecule has 1 aliphatic rings. The predicted octanol–water partition coefficient (Wildman–Crippen LogP) is 4.26. The summed E-state index contributed by atoms with van der Waals surface area (Å²) in [6.07, 6.45) is 3.80. The van der Waals surface area contributed by atoms with Crippen molar-refractivity contribution in [3.8, 4) is 5.75 Å². The second kappa shape index (κ2) is 10.3. The summed E-state index contributed by atoms with van der Waals surface area (Å²) in [5, 5.41) is 1.06. The van der Waals surface area contributed by atoms with Gasteiger partial charge in [-0.1, -0.05) is 47.7 Å². The van der Waals surface area contributed by atoms with Gasteiger partial charge in [0, 0.05) is 28.7 Å². The molecule has 0 bridgehead atoms. The summed E-state index contributed by atoms with van der Waals surface area (Å²) in [5.74, 6) is 0.146. The Morgan fingerprint density at radius 3 is 2.71 bits per heavy atom. The molecule has 0 N–H and O–H groups in total. The molecule has 0 spiro atoms. The maximum atomic E-state index is 14.0. The molecule has 0 fully saturated rings. The Labute approximate surface area is 224 Å². The minimum atomic E-state index is -0.689. The van der Waals surface area contributed by atoms with E-state index in [9.17, 15) is 9.59 Å². The van der Waals surface area contributed by atoms with Crippen LogP contribution in [0.2, 0.25) is 0 Å². The van der Waals surface area contributed by atoms with Crippen molar-refractivity contribution in [2.75, 3.05) is 13.7 Å². The first kappa shape index (κ1) is 25.5. The van der Waals surface area contributed by atoms with E-state index in [2.05, 4.69) is 35.2 Å². The zero-order chi connectivity index (χ0) is 27.0. The molecule has 0 saturated heterocycles. The highest BCUT2D eigenvalue weighted by molar-refractivity contribution is 7.07. The number of ether oxygens (including phenoxy) is 2. The van der Waals surface area contributed by atoms with Gasteiger partial charge in [-0.15, -0.1) is 6.58 Å². The fourth-order valence-electron chi connectivity index (χ4n) is 5.05. The zero-order valence-electron chi connectivity index (χ0n) is 21.9. The monoisotopic (exact) mass is 527 g/mol. The van der Waals surface area contributed by atoms with Gasteiger partial charge in [0.15, 0.2) is 4.80 Å². The third-order valence-electron chi connectivity index (χ3n) is 6.79. The Bertz CT molecular complexity index is 1790. The number of rotatable bonds is 7. The highest BCUT2D eigenvalue weighted by Gasteiger charge is 2.33. The first-order chi connectivity index (χ1) is 18.4. The van der Waals surface area contributed by atoms with Gasteiger partial charge in [-0.3, -0.25) is 9.36 Å². The Kier molecular flexibility index (Phi) is 6.91. The number of benzene rings is 2. The van der Waals surface area contributed by atoms with Gasteiger partial charge in [0.2, 0.25) is 0 Å². The second-order valence-electron chi connectivity index (χ2n) is 8.99. The normalized spacial score (nSPS) is 15.4. The van der Waals surface area contributed by atoms with Crippen LogP contribution in [0.15, 0.2) is 82.2 Å². The van der Waals surface area contributed by atoms with Gasteiger partial charge in [-0.05, 0) is 50.6 Å². The number of allylic oxidation sites excluding steroid dienone is 2. The third kappa shape index (κ3) is 4.20. The zero-order valence-corrected chi connectivity index (χ0v) is 22.7. The van der Waals surface area contributed by atoms with Gasteiger partial charge in [-0.2, -0.15) is 0 Å². The molecule has 1 aliphatic heterocycles. The van der Waals surface area contributed by atoms with Crippen molar-refractivity contribution in [2.45, 2.75) is 33.4 Å². The van der Waals surface area contributed by atoms with Crippen LogP contribution in [0.25, 0.3) is 17.0 Å². The minimum Gasteiger partial charge on any atom is -0.497 e. The Morgan fingerprint density at radius 1 is 1.18 bits per heavy atom. The average molecular weight is 528 g/mol. The summed E-state index contributed by atoms with van der Waals surface area (Å²) in [5.41, 5.74) is 4.51. The number of carbonyl (C=O) groups is 1. The first-order valence-electron chi connectivity index (χ1n) is 12.4. The fraction of sp³-hybridized carbons (Fsp3) is 0.233. The number of hydrogen-bond donors (Lipinski definition) is 0. The molecule has 0 saturated carbocycles. The van der Waals surface area contributed by atoms with E-state index in [1.165, 1.54) is 11.3 Å². The summed E-state index contributed by atoms with van der Waals surface area (Å²) in [6.45, 7) is 10.4. The first-order valence-corrected chi connectivity index (χ1v) is 13.2. The maximum Gasteiger partial charge on any atom is 0.338 e. The van der Waals surface area contributed by atoms with Crippen molar-refractivity contribution < 1.29 is 14.3 Å². The largest absolute Gasteiger partial charge is 0.497 e. The number of aromatic nitrogens is 2. The van der Waals surface area contributed by atoms with Gasteiger partial charge in [0.1, 0.15) is 5.75 Å². The van der Waals surface area contributed by atoms with Crippen molar-refractivity contribution >= 4 is 34.3 Å². The van der Waals surface area contributed by atoms with Crippen LogP contribution in [-0.2, 0) is 16.1 Å². The molecule has 8 heteroatoms. The van der Waals surface area contributed by atoms with Crippen LogP contribution < -0.4 is 19.6 Å². The van der Waals surface area contributed by atoms with E-state index >= 15 is 0 Å². The van der Waals surface area contributed by atoms with Crippen LogP contribution in [0.4, 0.5) is 0 Å². The van der Waals surface area contributed by atoms with Gasteiger partial charge in [0.05, 0.1) is 35.6 Å². The van der Waals surface area contributed by atoms with Crippen LogP contribution in [0, 0.1) is 6.92 Å². The van der Waals surface area contributed by atoms with E-state index in [1.54, 1.807) is 25.5 Å². The SMILES string of the molecule is C=CCn1c(C)c(/C=c2/sc3n(c2=O)C(c2cccc(OC)c2)C(C(=O)OCC)=C(C)N=3)c2ccccc21. The van der Waals surface area contributed by atoms with Gasteiger partial charge < -0.3 is 14.0 Å². The molecule has 7 nitrogen and oxygen atoms in total. The maximum absolute atomic E-state index is 14.0. The van der Waals surface area contributed by atoms with Crippen molar-refractivity contribution in [2.24, 2.45) is 4.99 Å². The lowest BCUT2D eigenvalue weighted by Gasteiger charge is -2.25. The highest BCUT2D eigenvalue weighted by atomic mass is 32.1. The number of esters is 1. The molecule has 194 valence electrons. The van der Waals surface area contributed by atoms with E-state index in [0.717, 1.165) is 27.7 Å². The van der Waals surface area contributed by atoms with Crippen LogP contribution >= 0.6 is 11.3 Å². The number of thiazole rings is 1. The number of carbonyl (C=O) groups excluding carboxylic acids is 1. The summed E-state index contributed by atoms with van der Waals surface area (Å²) in [4.78, 5) is 32.4. The summed E-state index contributed by atoms with van der Waals surface area (Å²) < 4.78 is 15.2. The van der Waals surface area contributed by atoms with Crippen molar-refractivity contribution in [3.05, 3.63) is 109 Å². The predicted molar refractivity (Wildman–Crippen MR) is 150 cm³/mol. The molecule has 0 radical (unpaired) electrons. The molecule has 2 aromatic carbocycles. The molecule has 38 heavy (non-hydrogen) atoms. The summed E-state index contributed by atoms with van der Waals surface area (Å²) in [6, 6.07) is 14.8. The number of methoxy groups -OCH3 is 1. The third-order valence-corrected chi connectivity index (χ3v) is 7.78. The van der Waals surface area contributed by atoms with Crippen LogP contribution in [0.3, 0.4) is 0 Å². The van der Waals surface area contributed by atoms with Crippen LogP contribution in [0.5, 0.6) is 5.75 Å². The molecular formula is C30H29N3O4S. The van der Waals surface area contributed by atoms with Crippen LogP contribution in [-0.4, -0.2) is 28.8 Å². The molecule has 3 heterocycles. The molecule has 1 atom stereocenters. The summed E-state index contributed by atoms with van der Waals surface area (Å²) >= 11 is 1.32. The molecule has 0 amide bonds. The molecule has 0 aliphatic carbocycles. The lowest BCUT2D eigenvalue weighted by molar-refractivity contribution is -0.139. The Hall–Kier alpha value is -4.17. The topological polar surface area (TPSA) is 74.8 Å². The molecule has 5 rings (SSSR count). The van der Waals surface area contributed by atoms with E-state index < -0.39 is 12.0 Å². The number of hydrogen-bond acceptors (Lipinski definition) is 6. The van der Waals surface area contributed by atoms with E-state index in [1.807, 2.05) is 48.6 Å². The lowest BCUT2D eigenvalue weighted by Crippen LogP contribution is -2.39. The van der Waals surface area contributed by atoms with Gasteiger partial charge in [-0.25, -0.2) is 9.79 Å². The number of para-hydroxylation sites is 1. The molecular weight excluding hydrogens is 498 g/mol. The second-order valence-corrected chi connectivity index (χ2v) is 10.0. The van der Waals surface area contributed by atoms with Gasteiger partial charge in [0.25, 0.3) is 5.56 Å². The Balaban J connectivity index is 1.77. The van der Waals surface area contributed by atoms with Gasteiger partial charge >= 0.3 is 5.97 Å². The van der Waals surface area contributed by atoms with E-state index in [0.29, 0.717) is 32.9 Å². The quantitative estimate of drug-likeness (QED) is 0.266. The highest BCUT2D eigenvalue weighted by Crippen LogP contribution is 2.32. The number of nitrogens with zero attached hydrogens (tertiary/aromatic N) is 3. The van der Waals surface area contributed by atoms with E-state index in [4.69, 9.17) is 9.47 Å². The van der Waals surface area contributed by atoms with Crippen molar-refractivity contribution in [1.82, 2.24) is 9.13 Å². The smallest absolute Gasteiger partial charge is 0.338 e. The Morgan fingerprint density at radius 2 is 1.97 bits per heavy atom. The lowest BCUT2D eigenvalue weighted by atomic mass is 9.95. The van der Waals surface area contributed by atoms with Crippen molar-refractivity contribution in [1.29, 1.82) is 0 Å². The average Bonchev–Trinajstić information content (AvgIpc) is 3.37. The number of fused-ring (bicyclic) bond motifs is 2. The van der Waals surface area contributed by atoms with Crippen LogP contribution in [0.1, 0.15) is 36.7 Å². The van der Waals surface area contributed by atoms with E-state index in [-0.39, 0.29) is 12.2 Å².